The second kappa shape index (κ2) is 9.75. The van der Waals surface area contributed by atoms with Crippen molar-refractivity contribution in [2.45, 2.75) is 13.1 Å². The number of nitrogens with two attached hydrogens (primary N) is 1. The van der Waals surface area contributed by atoms with Crippen LogP contribution in [0.2, 0.25) is 5.02 Å². The highest BCUT2D eigenvalue weighted by atomic mass is 35.5. The number of carbonyl (C=O) groups is 2. The molecule has 0 radical (unpaired) electrons. The molecular formula is C23H21ClN2O3. The first kappa shape index (κ1) is 20.4. The Morgan fingerprint density at radius 1 is 0.862 bits per heavy atom. The molecule has 0 bridgehead atoms. The maximum atomic E-state index is 12.8. The zero-order chi connectivity index (χ0) is 20.6. The van der Waals surface area contributed by atoms with Crippen LogP contribution in [-0.2, 0) is 22.6 Å². The second-order valence-corrected chi connectivity index (χ2v) is 6.97. The summed E-state index contributed by atoms with van der Waals surface area (Å²) < 4.78 is 5.21. The summed E-state index contributed by atoms with van der Waals surface area (Å²) in [5, 5.41) is 0.423. The van der Waals surface area contributed by atoms with Gasteiger partial charge in [0.15, 0.2) is 6.61 Å². The molecule has 0 saturated heterocycles. The van der Waals surface area contributed by atoms with E-state index in [4.69, 9.17) is 22.1 Å². The summed E-state index contributed by atoms with van der Waals surface area (Å²) in [7, 11) is 0. The first-order chi connectivity index (χ1) is 14.0. The summed E-state index contributed by atoms with van der Waals surface area (Å²) in [6.45, 7) is 0.449. The van der Waals surface area contributed by atoms with Gasteiger partial charge in [0.1, 0.15) is 0 Å². The molecule has 2 N–H and O–H groups in total. The first-order valence-corrected chi connectivity index (χ1v) is 9.48. The van der Waals surface area contributed by atoms with E-state index in [9.17, 15) is 9.59 Å². The van der Waals surface area contributed by atoms with E-state index in [1.165, 1.54) is 12.1 Å². The Kier molecular flexibility index (Phi) is 6.87. The average molecular weight is 409 g/mol. The van der Waals surface area contributed by atoms with Crippen molar-refractivity contribution in [3.05, 3.63) is 101 Å². The molecule has 0 atom stereocenters. The Balaban J connectivity index is 1.69. The van der Waals surface area contributed by atoms with Gasteiger partial charge in [-0.1, -0.05) is 72.3 Å². The fourth-order valence-electron chi connectivity index (χ4n) is 2.86. The highest BCUT2D eigenvalue weighted by Gasteiger charge is 2.18. The number of hydrogen-bond donors (Lipinski definition) is 1. The lowest BCUT2D eigenvalue weighted by Gasteiger charge is -2.23. The molecule has 148 valence electrons. The maximum Gasteiger partial charge on any atom is 0.340 e. The van der Waals surface area contributed by atoms with Crippen LogP contribution in [-0.4, -0.2) is 23.4 Å². The number of hydrogen-bond acceptors (Lipinski definition) is 4. The lowest BCUT2D eigenvalue weighted by molar-refractivity contribution is -0.135. The van der Waals surface area contributed by atoms with Crippen molar-refractivity contribution in [1.29, 1.82) is 0 Å². The molecule has 3 aromatic carbocycles. The van der Waals surface area contributed by atoms with Gasteiger partial charge in [-0.25, -0.2) is 4.79 Å². The van der Waals surface area contributed by atoms with Crippen molar-refractivity contribution in [3.8, 4) is 0 Å². The third-order valence-corrected chi connectivity index (χ3v) is 4.58. The molecule has 5 nitrogen and oxygen atoms in total. The van der Waals surface area contributed by atoms with Crippen molar-refractivity contribution in [2.24, 2.45) is 0 Å². The largest absolute Gasteiger partial charge is 0.452 e. The summed E-state index contributed by atoms with van der Waals surface area (Å²) in [5.74, 6) is -0.953. The standard InChI is InChI=1S/C23H21ClN2O3/c24-19-11-12-20(21(25)13-19)23(28)29-16-22(27)26(14-17-7-3-1-4-8-17)15-18-9-5-2-6-10-18/h1-13H,14-16,25H2. The van der Waals surface area contributed by atoms with Gasteiger partial charge in [0.05, 0.1) is 5.56 Å². The number of nitrogen functional groups attached to an aromatic ring is 1. The van der Waals surface area contributed by atoms with E-state index in [1.807, 2.05) is 60.7 Å². The fourth-order valence-corrected chi connectivity index (χ4v) is 3.04. The molecule has 0 aromatic heterocycles. The quantitative estimate of drug-likeness (QED) is 0.467. The molecule has 6 heteroatoms. The molecule has 0 aliphatic carbocycles. The van der Waals surface area contributed by atoms with E-state index < -0.39 is 5.97 Å². The highest BCUT2D eigenvalue weighted by molar-refractivity contribution is 6.31. The van der Waals surface area contributed by atoms with E-state index in [2.05, 4.69) is 0 Å². The normalized spacial score (nSPS) is 10.4. The Hall–Kier alpha value is -3.31. The van der Waals surface area contributed by atoms with Gasteiger partial charge in [-0.3, -0.25) is 4.79 Å². The van der Waals surface area contributed by atoms with E-state index >= 15 is 0 Å². The molecule has 0 unspecified atom stereocenters. The van der Waals surface area contributed by atoms with Gasteiger partial charge >= 0.3 is 5.97 Å². The number of rotatable bonds is 7. The number of halogens is 1. The Labute approximate surface area is 174 Å². The van der Waals surface area contributed by atoms with Crippen LogP contribution in [0, 0.1) is 0 Å². The molecule has 29 heavy (non-hydrogen) atoms. The van der Waals surface area contributed by atoms with Crippen LogP contribution in [0.4, 0.5) is 5.69 Å². The number of nitrogens with zero attached hydrogens (tertiary/aromatic N) is 1. The van der Waals surface area contributed by atoms with Crippen LogP contribution in [0.5, 0.6) is 0 Å². The molecule has 0 aliphatic rings. The number of anilines is 1. The van der Waals surface area contributed by atoms with Crippen LogP contribution < -0.4 is 5.73 Å². The summed E-state index contributed by atoms with van der Waals surface area (Å²) >= 11 is 5.85. The van der Waals surface area contributed by atoms with Gasteiger partial charge < -0.3 is 15.4 Å². The molecule has 0 aliphatic heterocycles. The Morgan fingerprint density at radius 3 is 1.93 bits per heavy atom. The van der Waals surface area contributed by atoms with Crippen LogP contribution in [0.1, 0.15) is 21.5 Å². The predicted molar refractivity (Wildman–Crippen MR) is 113 cm³/mol. The molecule has 0 spiro atoms. The van der Waals surface area contributed by atoms with Crippen molar-refractivity contribution >= 4 is 29.2 Å². The number of amides is 1. The third kappa shape index (κ3) is 5.83. The van der Waals surface area contributed by atoms with E-state index in [-0.39, 0.29) is 23.8 Å². The van der Waals surface area contributed by atoms with Crippen molar-refractivity contribution in [2.75, 3.05) is 12.3 Å². The SMILES string of the molecule is Nc1cc(Cl)ccc1C(=O)OCC(=O)N(Cc1ccccc1)Cc1ccccc1. The van der Waals surface area contributed by atoms with Crippen molar-refractivity contribution < 1.29 is 14.3 Å². The van der Waals surface area contributed by atoms with Crippen LogP contribution in [0.25, 0.3) is 0 Å². The zero-order valence-electron chi connectivity index (χ0n) is 15.8. The molecular weight excluding hydrogens is 388 g/mol. The lowest BCUT2D eigenvalue weighted by Crippen LogP contribution is -2.34. The van der Waals surface area contributed by atoms with Gasteiger partial charge in [0.2, 0.25) is 0 Å². The third-order valence-electron chi connectivity index (χ3n) is 4.35. The van der Waals surface area contributed by atoms with Gasteiger partial charge in [0, 0.05) is 23.8 Å². The minimum Gasteiger partial charge on any atom is -0.452 e. The van der Waals surface area contributed by atoms with Crippen LogP contribution in [0.3, 0.4) is 0 Å². The number of esters is 1. The van der Waals surface area contributed by atoms with Crippen molar-refractivity contribution in [1.82, 2.24) is 4.90 Å². The van der Waals surface area contributed by atoms with Crippen molar-refractivity contribution in [3.63, 3.8) is 0 Å². The van der Waals surface area contributed by atoms with E-state index in [1.54, 1.807) is 11.0 Å². The van der Waals surface area contributed by atoms with Gasteiger partial charge in [-0.15, -0.1) is 0 Å². The maximum absolute atomic E-state index is 12.8. The summed E-state index contributed by atoms with van der Waals surface area (Å²) in [4.78, 5) is 26.8. The summed E-state index contributed by atoms with van der Waals surface area (Å²) in [6, 6.07) is 23.8. The zero-order valence-corrected chi connectivity index (χ0v) is 16.5. The van der Waals surface area contributed by atoms with Gasteiger partial charge in [-0.2, -0.15) is 0 Å². The molecule has 0 saturated carbocycles. The summed E-state index contributed by atoms with van der Waals surface area (Å²) in [6.07, 6.45) is 0. The van der Waals surface area contributed by atoms with Gasteiger partial charge in [-0.05, 0) is 29.3 Å². The monoisotopic (exact) mass is 408 g/mol. The topological polar surface area (TPSA) is 72.6 Å². The first-order valence-electron chi connectivity index (χ1n) is 9.10. The Bertz CT molecular complexity index is 936. The van der Waals surface area contributed by atoms with E-state index in [0.717, 1.165) is 11.1 Å². The minimum atomic E-state index is -0.660. The lowest BCUT2D eigenvalue weighted by atomic mass is 10.1. The van der Waals surface area contributed by atoms with Crippen LogP contribution >= 0.6 is 11.6 Å². The average Bonchev–Trinajstić information content (AvgIpc) is 2.73. The highest BCUT2D eigenvalue weighted by Crippen LogP contribution is 2.19. The molecule has 1 amide bonds. The smallest absolute Gasteiger partial charge is 0.340 e. The summed E-state index contributed by atoms with van der Waals surface area (Å²) in [5.41, 5.74) is 8.18. The molecule has 3 rings (SSSR count). The minimum absolute atomic E-state index is 0.180. The number of carbonyl (C=O) groups excluding carboxylic acids is 2. The fraction of sp³-hybridized carbons (Fsp3) is 0.130. The van der Waals surface area contributed by atoms with Gasteiger partial charge in [0.25, 0.3) is 5.91 Å². The second-order valence-electron chi connectivity index (χ2n) is 6.53. The molecule has 0 heterocycles. The molecule has 3 aromatic rings. The Morgan fingerprint density at radius 2 is 1.41 bits per heavy atom. The van der Waals surface area contributed by atoms with Crippen LogP contribution in [0.15, 0.2) is 78.9 Å². The van der Waals surface area contributed by atoms with E-state index in [0.29, 0.717) is 18.1 Å². The molecule has 0 fully saturated rings. The number of benzene rings is 3. The number of ether oxygens (including phenoxy) is 1. The predicted octanol–water partition coefficient (Wildman–Crippen LogP) is 4.31.